The number of hydrogen-bond donors (Lipinski definition) is 0. The van der Waals surface area contributed by atoms with E-state index in [1.807, 2.05) is 61.7 Å². The SMILES string of the molecule is COC=C(C(=O)OC)C1=CN(c2ccc(OCc3ccccc3)cc2C)CS1. The van der Waals surface area contributed by atoms with Crippen LogP contribution in [0.25, 0.3) is 0 Å². The molecule has 0 fully saturated rings. The minimum absolute atomic E-state index is 0.413. The highest BCUT2D eigenvalue weighted by atomic mass is 32.2. The van der Waals surface area contributed by atoms with Crippen molar-refractivity contribution >= 4 is 23.4 Å². The quantitative estimate of drug-likeness (QED) is 0.386. The molecule has 5 nitrogen and oxygen atoms in total. The van der Waals surface area contributed by atoms with Gasteiger partial charge in [-0.15, -0.1) is 11.8 Å². The molecule has 0 bridgehead atoms. The lowest BCUT2D eigenvalue weighted by atomic mass is 10.1. The number of methoxy groups -OCH3 is 2. The molecule has 0 saturated carbocycles. The van der Waals surface area contributed by atoms with Crippen LogP contribution < -0.4 is 9.64 Å². The number of hydrogen-bond acceptors (Lipinski definition) is 6. The maximum atomic E-state index is 12.0. The van der Waals surface area contributed by atoms with Crippen LogP contribution in [0, 0.1) is 6.92 Å². The van der Waals surface area contributed by atoms with Crippen LogP contribution in [0.15, 0.2) is 71.5 Å². The summed E-state index contributed by atoms with van der Waals surface area (Å²) in [6, 6.07) is 16.1. The largest absolute Gasteiger partial charge is 0.503 e. The number of anilines is 1. The van der Waals surface area contributed by atoms with Gasteiger partial charge in [-0.05, 0) is 36.2 Å². The Balaban J connectivity index is 1.73. The molecule has 0 N–H and O–H groups in total. The summed E-state index contributed by atoms with van der Waals surface area (Å²) in [6.07, 6.45) is 3.36. The molecule has 6 heteroatoms. The highest BCUT2D eigenvalue weighted by Crippen LogP contribution is 2.37. The van der Waals surface area contributed by atoms with Gasteiger partial charge < -0.3 is 19.1 Å². The Bertz CT molecular complexity index is 893. The zero-order chi connectivity index (χ0) is 19.9. The summed E-state index contributed by atoms with van der Waals surface area (Å²) in [5, 5.41) is 0. The van der Waals surface area contributed by atoms with Crippen LogP contribution in [0.1, 0.15) is 11.1 Å². The third-order valence-corrected chi connectivity index (χ3v) is 5.31. The summed E-state index contributed by atoms with van der Waals surface area (Å²) >= 11 is 1.56. The second-order valence-electron chi connectivity index (χ2n) is 6.22. The molecule has 0 atom stereocenters. The molecule has 0 aliphatic carbocycles. The van der Waals surface area contributed by atoms with Gasteiger partial charge in [0.2, 0.25) is 0 Å². The van der Waals surface area contributed by atoms with Gasteiger partial charge in [0.1, 0.15) is 17.9 Å². The summed E-state index contributed by atoms with van der Waals surface area (Å²) in [5.74, 6) is 1.12. The Labute approximate surface area is 169 Å². The molecular weight excluding hydrogens is 374 g/mol. The first-order chi connectivity index (χ1) is 13.6. The van der Waals surface area contributed by atoms with Crippen LogP contribution in [0.4, 0.5) is 5.69 Å². The second-order valence-corrected chi connectivity index (χ2v) is 7.20. The number of esters is 1. The number of rotatable bonds is 7. The maximum Gasteiger partial charge on any atom is 0.342 e. The maximum absolute atomic E-state index is 12.0. The van der Waals surface area contributed by atoms with E-state index in [1.54, 1.807) is 11.8 Å². The van der Waals surface area contributed by atoms with Gasteiger partial charge in [-0.1, -0.05) is 30.3 Å². The van der Waals surface area contributed by atoms with Crippen LogP contribution in [0.2, 0.25) is 0 Å². The van der Waals surface area contributed by atoms with Gasteiger partial charge in [0.15, 0.2) is 0 Å². The number of ether oxygens (including phenoxy) is 3. The fraction of sp³-hybridized carbons (Fsp3) is 0.227. The van der Waals surface area contributed by atoms with Crippen LogP contribution in [0.3, 0.4) is 0 Å². The fourth-order valence-electron chi connectivity index (χ4n) is 2.86. The highest BCUT2D eigenvalue weighted by molar-refractivity contribution is 8.03. The number of thioether (sulfide) groups is 1. The van der Waals surface area contributed by atoms with Crippen molar-refractivity contribution < 1.29 is 19.0 Å². The van der Waals surface area contributed by atoms with E-state index in [0.29, 0.717) is 18.1 Å². The summed E-state index contributed by atoms with van der Waals surface area (Å²) < 4.78 is 15.8. The Morgan fingerprint density at radius 3 is 2.64 bits per heavy atom. The third kappa shape index (κ3) is 4.70. The smallest absolute Gasteiger partial charge is 0.342 e. The number of carbonyl (C=O) groups excluding carboxylic acids is 1. The fourth-order valence-corrected chi connectivity index (χ4v) is 3.84. The van der Waals surface area contributed by atoms with Crippen molar-refractivity contribution in [2.75, 3.05) is 25.0 Å². The molecule has 28 heavy (non-hydrogen) atoms. The van der Waals surface area contributed by atoms with Gasteiger partial charge in [0.05, 0.1) is 26.4 Å². The zero-order valence-corrected chi connectivity index (χ0v) is 17.0. The van der Waals surface area contributed by atoms with Gasteiger partial charge in [-0.25, -0.2) is 4.79 Å². The summed E-state index contributed by atoms with van der Waals surface area (Å²) in [6.45, 7) is 2.58. The Morgan fingerprint density at radius 1 is 1.18 bits per heavy atom. The lowest BCUT2D eigenvalue weighted by Crippen LogP contribution is -2.12. The normalized spacial score (nSPS) is 13.9. The van der Waals surface area contributed by atoms with Crippen molar-refractivity contribution in [3.05, 3.63) is 82.6 Å². The van der Waals surface area contributed by atoms with Crippen LogP contribution in [-0.2, 0) is 20.9 Å². The van der Waals surface area contributed by atoms with E-state index in [9.17, 15) is 4.79 Å². The highest BCUT2D eigenvalue weighted by Gasteiger charge is 2.24. The molecule has 0 aromatic heterocycles. The molecule has 1 aliphatic heterocycles. The summed E-state index contributed by atoms with van der Waals surface area (Å²) in [5.41, 5.74) is 3.71. The van der Waals surface area contributed by atoms with E-state index in [0.717, 1.165) is 27.5 Å². The first kappa shape index (κ1) is 19.9. The molecule has 2 aromatic rings. The second kappa shape index (κ2) is 9.37. The number of nitrogens with zero attached hydrogens (tertiary/aromatic N) is 1. The lowest BCUT2D eigenvalue weighted by molar-refractivity contribution is -0.135. The molecule has 1 aliphatic rings. The van der Waals surface area contributed by atoms with Crippen LogP contribution in [-0.4, -0.2) is 26.1 Å². The zero-order valence-electron chi connectivity index (χ0n) is 16.2. The van der Waals surface area contributed by atoms with Crippen molar-refractivity contribution in [1.29, 1.82) is 0 Å². The van der Waals surface area contributed by atoms with Crippen LogP contribution >= 0.6 is 11.8 Å². The lowest BCUT2D eigenvalue weighted by Gasteiger charge is -2.18. The summed E-state index contributed by atoms with van der Waals surface area (Å²) in [4.78, 5) is 14.9. The minimum Gasteiger partial charge on any atom is -0.503 e. The van der Waals surface area contributed by atoms with Crippen LogP contribution in [0.5, 0.6) is 5.75 Å². The predicted molar refractivity (Wildman–Crippen MR) is 112 cm³/mol. The number of aryl methyl sites for hydroxylation is 1. The van der Waals surface area contributed by atoms with Gasteiger partial charge in [0, 0.05) is 16.8 Å². The predicted octanol–water partition coefficient (Wildman–Crippen LogP) is 4.63. The van der Waals surface area contributed by atoms with E-state index < -0.39 is 5.97 Å². The molecular formula is C22H23NO4S. The van der Waals surface area contributed by atoms with Gasteiger partial charge in [-0.3, -0.25) is 0 Å². The van der Waals surface area contributed by atoms with E-state index >= 15 is 0 Å². The average Bonchev–Trinajstić information content (AvgIpc) is 3.20. The molecule has 0 spiro atoms. The minimum atomic E-state index is -0.413. The van der Waals surface area contributed by atoms with Crippen molar-refractivity contribution in [3.63, 3.8) is 0 Å². The molecule has 2 aromatic carbocycles. The van der Waals surface area contributed by atoms with Gasteiger partial charge >= 0.3 is 5.97 Å². The van der Waals surface area contributed by atoms with Crippen molar-refractivity contribution in [3.8, 4) is 5.75 Å². The first-order valence-electron chi connectivity index (χ1n) is 8.82. The molecule has 0 saturated heterocycles. The van der Waals surface area contributed by atoms with Gasteiger partial charge in [0.25, 0.3) is 0 Å². The Morgan fingerprint density at radius 2 is 1.96 bits per heavy atom. The molecule has 0 radical (unpaired) electrons. The number of carbonyl (C=O) groups is 1. The Kier molecular flexibility index (Phi) is 6.66. The molecule has 1 heterocycles. The molecule has 0 amide bonds. The molecule has 3 rings (SSSR count). The third-order valence-electron chi connectivity index (χ3n) is 4.26. The van der Waals surface area contributed by atoms with E-state index in [2.05, 4.69) is 4.90 Å². The monoisotopic (exact) mass is 397 g/mol. The number of benzene rings is 2. The van der Waals surface area contributed by atoms with Crippen molar-refractivity contribution in [2.24, 2.45) is 0 Å². The molecule has 146 valence electrons. The standard InChI is InChI=1S/C22H23NO4S/c1-16-11-18(27-13-17-7-5-4-6-8-17)9-10-20(16)23-12-21(28-15-23)19(14-25-2)22(24)26-3/h4-12,14H,13,15H2,1-3H3. The first-order valence-corrected chi connectivity index (χ1v) is 9.81. The molecule has 0 unspecified atom stereocenters. The van der Waals surface area contributed by atoms with E-state index in [-0.39, 0.29) is 0 Å². The average molecular weight is 397 g/mol. The van der Waals surface area contributed by atoms with E-state index in [1.165, 1.54) is 20.5 Å². The Hall–Kier alpha value is -2.86. The van der Waals surface area contributed by atoms with E-state index in [4.69, 9.17) is 14.2 Å². The van der Waals surface area contributed by atoms with Crippen molar-refractivity contribution in [2.45, 2.75) is 13.5 Å². The topological polar surface area (TPSA) is 48.0 Å². The van der Waals surface area contributed by atoms with Crippen molar-refractivity contribution in [1.82, 2.24) is 0 Å². The summed E-state index contributed by atoms with van der Waals surface area (Å²) in [7, 11) is 2.88. The van der Waals surface area contributed by atoms with Gasteiger partial charge in [-0.2, -0.15) is 0 Å².